The lowest BCUT2D eigenvalue weighted by atomic mass is 9.90. The van der Waals surface area contributed by atoms with Gasteiger partial charge in [0, 0.05) is 33.3 Å². The van der Waals surface area contributed by atoms with Gasteiger partial charge in [-0.2, -0.15) is 0 Å². The number of aromatic nitrogens is 3. The van der Waals surface area contributed by atoms with Crippen molar-refractivity contribution in [3.63, 3.8) is 0 Å². The molecule has 2 heterocycles. The number of nitrogens with one attached hydrogen (secondary N) is 1. The van der Waals surface area contributed by atoms with Crippen LogP contribution in [0.2, 0.25) is 0 Å². The lowest BCUT2D eigenvalue weighted by Crippen LogP contribution is -2.41. The number of carbonyl (C=O) groups is 3. The van der Waals surface area contributed by atoms with Gasteiger partial charge in [0.2, 0.25) is 23.4 Å². The summed E-state index contributed by atoms with van der Waals surface area (Å²) in [6.07, 6.45) is -0.407. The number of aliphatic imine (C=N–C) groups is 1. The van der Waals surface area contributed by atoms with Crippen LogP contribution < -0.4 is 10.3 Å². The van der Waals surface area contributed by atoms with Gasteiger partial charge in [-0.15, -0.1) is 4.68 Å². The number of ether oxygens (including phenoxy) is 1. The van der Waals surface area contributed by atoms with E-state index in [4.69, 9.17) is 4.74 Å². The average molecular weight is 431 g/mol. The van der Waals surface area contributed by atoms with Gasteiger partial charge in [-0.05, 0) is 6.42 Å². The van der Waals surface area contributed by atoms with Crippen LogP contribution in [0, 0.1) is 5.21 Å². The molecular weight excluding hydrogens is 414 g/mol. The molecule has 10 heteroatoms. The predicted molar refractivity (Wildman–Crippen MR) is 110 cm³/mol. The first-order valence-electron chi connectivity index (χ1n) is 10.0. The minimum atomic E-state index is -0.761. The molecule has 160 valence electrons. The highest BCUT2D eigenvalue weighted by molar-refractivity contribution is 6.26. The lowest BCUT2D eigenvalue weighted by Gasteiger charge is -2.12. The molecule has 0 bridgehead atoms. The van der Waals surface area contributed by atoms with Crippen LogP contribution in [0.3, 0.4) is 0 Å². The molecule has 32 heavy (non-hydrogen) atoms. The molecule has 0 radical (unpaired) electrons. The van der Waals surface area contributed by atoms with Gasteiger partial charge in [-0.1, -0.05) is 54.6 Å². The summed E-state index contributed by atoms with van der Waals surface area (Å²) in [5, 5.41) is 18.6. The number of rotatable bonds is 5. The Bertz CT molecular complexity index is 1280. The van der Waals surface area contributed by atoms with Gasteiger partial charge in [0.15, 0.2) is 5.69 Å². The minimum absolute atomic E-state index is 0.0223. The highest BCUT2D eigenvalue weighted by Gasteiger charge is 2.39. The fourth-order valence-electron chi connectivity index (χ4n) is 3.79. The molecule has 1 aliphatic carbocycles. The number of carbonyl (C=O) groups excluding carboxylic acids is 3. The summed E-state index contributed by atoms with van der Waals surface area (Å²) in [4.78, 5) is 42.1. The number of ketones is 2. The van der Waals surface area contributed by atoms with Crippen LogP contribution in [-0.2, 0) is 16.1 Å². The second kappa shape index (κ2) is 7.73. The largest absolute Gasteiger partial charge is 0.571 e. The standard InChI is InChI=1S/C22H17N5O5/c28-18-14-9-4-5-10-15(14)19(29)17-16(18)25-27(31)26(17)12-6-11-23-22-24-21(30)20(32-22)13-7-2-1-3-8-13/h1-5,7-10,20H,6,11-12H2,(H,23,24,30). The highest BCUT2D eigenvalue weighted by atomic mass is 16.5. The van der Waals surface area contributed by atoms with Crippen molar-refractivity contribution in [2.24, 2.45) is 4.99 Å². The maximum atomic E-state index is 12.9. The lowest BCUT2D eigenvalue weighted by molar-refractivity contribution is -0.749. The molecule has 3 aromatic rings. The van der Waals surface area contributed by atoms with E-state index in [1.165, 1.54) is 0 Å². The van der Waals surface area contributed by atoms with Crippen molar-refractivity contribution in [1.82, 2.24) is 15.1 Å². The molecule has 1 atom stereocenters. The summed E-state index contributed by atoms with van der Waals surface area (Å²) in [5.41, 5.74) is 1.04. The van der Waals surface area contributed by atoms with Crippen molar-refractivity contribution in [3.8, 4) is 0 Å². The summed E-state index contributed by atoms with van der Waals surface area (Å²) < 4.78 is 6.72. The Hall–Kier alpha value is -4.34. The van der Waals surface area contributed by atoms with Crippen molar-refractivity contribution in [2.75, 3.05) is 6.54 Å². The molecule has 0 saturated carbocycles. The maximum absolute atomic E-state index is 12.9. The molecule has 1 N–H and O–H groups in total. The molecule has 1 amide bonds. The smallest absolute Gasteiger partial charge is 0.292 e. The van der Waals surface area contributed by atoms with Gasteiger partial charge < -0.3 is 9.94 Å². The number of hydrogen-bond acceptors (Lipinski definition) is 7. The van der Waals surface area contributed by atoms with Crippen molar-refractivity contribution in [1.29, 1.82) is 0 Å². The molecule has 5 rings (SSSR count). The van der Waals surface area contributed by atoms with Gasteiger partial charge in [-0.25, -0.2) is 4.99 Å². The van der Waals surface area contributed by atoms with Crippen molar-refractivity contribution >= 4 is 23.5 Å². The van der Waals surface area contributed by atoms with E-state index in [-0.39, 0.29) is 52.5 Å². The van der Waals surface area contributed by atoms with Crippen LogP contribution in [0.1, 0.15) is 50.2 Å². The Balaban J connectivity index is 1.28. The molecule has 1 fully saturated rings. The number of fused-ring (bicyclic) bond motifs is 2. The first-order chi connectivity index (χ1) is 15.5. The van der Waals surface area contributed by atoms with E-state index in [0.29, 0.717) is 6.42 Å². The summed E-state index contributed by atoms with van der Waals surface area (Å²) in [6.45, 7) is 0.336. The third-order valence-corrected chi connectivity index (χ3v) is 5.30. The van der Waals surface area contributed by atoms with Gasteiger partial charge in [0.25, 0.3) is 11.9 Å². The molecule has 2 aromatic carbocycles. The summed E-state index contributed by atoms with van der Waals surface area (Å²) in [7, 11) is 0. The van der Waals surface area contributed by atoms with Crippen LogP contribution in [0.15, 0.2) is 59.6 Å². The van der Waals surface area contributed by atoms with E-state index >= 15 is 0 Å². The third-order valence-electron chi connectivity index (χ3n) is 5.30. The van der Waals surface area contributed by atoms with Crippen molar-refractivity contribution in [2.45, 2.75) is 19.1 Å². The molecule has 0 spiro atoms. The molecular formula is C22H17N5O5. The zero-order chi connectivity index (χ0) is 22.2. The number of benzene rings is 2. The Labute approximate surface area is 181 Å². The topological polar surface area (TPSA) is 130 Å². The number of amidine groups is 1. The van der Waals surface area contributed by atoms with Crippen LogP contribution in [-0.4, -0.2) is 39.8 Å². The predicted octanol–water partition coefficient (Wildman–Crippen LogP) is 0.926. The van der Waals surface area contributed by atoms with Gasteiger partial charge in [0.1, 0.15) is 0 Å². The fraction of sp³-hybridized carbons (Fsp3) is 0.182. The molecule has 1 saturated heterocycles. The summed E-state index contributed by atoms with van der Waals surface area (Å²) in [6, 6.07) is 15.6. The van der Waals surface area contributed by atoms with Crippen LogP contribution in [0.4, 0.5) is 0 Å². The van der Waals surface area contributed by atoms with Crippen LogP contribution in [0.5, 0.6) is 0 Å². The van der Waals surface area contributed by atoms with E-state index in [2.05, 4.69) is 15.4 Å². The molecule has 1 aromatic heterocycles. The van der Waals surface area contributed by atoms with Crippen LogP contribution in [0.25, 0.3) is 0 Å². The molecule has 1 aliphatic heterocycles. The highest BCUT2D eigenvalue weighted by Crippen LogP contribution is 2.25. The Morgan fingerprint density at radius 2 is 1.72 bits per heavy atom. The monoisotopic (exact) mass is 431 g/mol. The Morgan fingerprint density at radius 1 is 1.03 bits per heavy atom. The molecule has 1 unspecified atom stereocenters. The summed E-state index contributed by atoms with van der Waals surface area (Å²) >= 11 is 0. The summed E-state index contributed by atoms with van der Waals surface area (Å²) in [5.74, 6) is -1.17. The maximum Gasteiger partial charge on any atom is 0.292 e. The van der Waals surface area contributed by atoms with Crippen molar-refractivity contribution < 1.29 is 24.1 Å². The van der Waals surface area contributed by atoms with Crippen LogP contribution >= 0.6 is 0 Å². The average Bonchev–Trinajstić information content (AvgIpc) is 3.35. The van der Waals surface area contributed by atoms with E-state index < -0.39 is 17.7 Å². The normalized spacial score (nSPS) is 18.3. The molecule has 2 aliphatic rings. The number of hydrogen-bond donors (Lipinski definition) is 1. The van der Waals surface area contributed by atoms with E-state index in [1.54, 1.807) is 36.4 Å². The molecule has 10 nitrogen and oxygen atoms in total. The second-order valence-corrected chi connectivity index (χ2v) is 7.32. The van der Waals surface area contributed by atoms with E-state index in [1.807, 2.05) is 18.2 Å². The van der Waals surface area contributed by atoms with Gasteiger partial charge in [-0.3, -0.25) is 19.7 Å². The van der Waals surface area contributed by atoms with Crippen molar-refractivity contribution in [3.05, 3.63) is 87.9 Å². The van der Waals surface area contributed by atoms with E-state index in [9.17, 15) is 19.6 Å². The van der Waals surface area contributed by atoms with Gasteiger partial charge >= 0.3 is 0 Å². The number of nitrogens with zero attached hydrogens (tertiary/aromatic N) is 4. The minimum Gasteiger partial charge on any atom is -0.571 e. The quantitative estimate of drug-likeness (QED) is 0.284. The zero-order valence-corrected chi connectivity index (χ0v) is 16.7. The number of amides is 1. The van der Waals surface area contributed by atoms with E-state index in [0.717, 1.165) is 10.2 Å². The second-order valence-electron chi connectivity index (χ2n) is 7.32. The Kier molecular flexibility index (Phi) is 4.74. The zero-order valence-electron chi connectivity index (χ0n) is 16.7. The third kappa shape index (κ3) is 3.22. The van der Waals surface area contributed by atoms with Gasteiger partial charge in [0.05, 0.1) is 6.54 Å². The Morgan fingerprint density at radius 3 is 2.47 bits per heavy atom. The SMILES string of the molecule is O=C1c2ccccc2C(=O)c2c1n[n+]([O-])n2CCCN=C1NC(=O)C(c2ccccc2)O1. The first-order valence-corrected chi connectivity index (χ1v) is 10.0. The first kappa shape index (κ1) is 19.6. The fourth-order valence-corrected chi connectivity index (χ4v) is 3.79.